The molecule has 0 bridgehead atoms. The Hall–Kier alpha value is -0.610. The number of carbonyl (C=O) groups excluding carboxylic acids is 1. The molecular formula is C14H26N2O2. The van der Waals surface area contributed by atoms with Crippen LogP contribution in [0.1, 0.15) is 45.4 Å². The molecule has 2 fully saturated rings. The van der Waals surface area contributed by atoms with Gasteiger partial charge in [0.25, 0.3) is 0 Å². The number of rotatable bonds is 7. The van der Waals surface area contributed by atoms with E-state index in [4.69, 9.17) is 4.74 Å². The van der Waals surface area contributed by atoms with Gasteiger partial charge in [0.05, 0.1) is 13.0 Å². The maximum atomic E-state index is 12.2. The summed E-state index contributed by atoms with van der Waals surface area (Å²) < 4.78 is 5.28. The van der Waals surface area contributed by atoms with Gasteiger partial charge in [-0.15, -0.1) is 0 Å². The summed E-state index contributed by atoms with van der Waals surface area (Å²) in [6.07, 6.45) is 6.70. The van der Waals surface area contributed by atoms with Gasteiger partial charge in [-0.3, -0.25) is 4.79 Å². The zero-order valence-corrected chi connectivity index (χ0v) is 11.5. The van der Waals surface area contributed by atoms with Crippen LogP contribution in [0, 0.1) is 0 Å². The number of hydrogen-bond donors (Lipinski definition) is 1. The van der Waals surface area contributed by atoms with E-state index in [1.807, 2.05) is 6.92 Å². The second-order valence-electron chi connectivity index (χ2n) is 5.37. The van der Waals surface area contributed by atoms with E-state index < -0.39 is 0 Å². The van der Waals surface area contributed by atoms with Gasteiger partial charge < -0.3 is 15.0 Å². The second-order valence-corrected chi connectivity index (χ2v) is 5.37. The Labute approximate surface area is 110 Å². The van der Waals surface area contributed by atoms with Crippen molar-refractivity contribution in [3.05, 3.63) is 0 Å². The number of carbonyl (C=O) groups is 1. The molecule has 0 spiro atoms. The van der Waals surface area contributed by atoms with Gasteiger partial charge in [-0.2, -0.15) is 0 Å². The van der Waals surface area contributed by atoms with Crippen LogP contribution in [-0.4, -0.2) is 49.2 Å². The summed E-state index contributed by atoms with van der Waals surface area (Å²) in [5.74, 6) is 0.276. The third kappa shape index (κ3) is 4.25. The summed E-state index contributed by atoms with van der Waals surface area (Å²) in [5, 5.41) is 3.53. The topological polar surface area (TPSA) is 41.6 Å². The molecule has 18 heavy (non-hydrogen) atoms. The number of nitrogens with zero attached hydrogens (tertiary/aromatic N) is 1. The van der Waals surface area contributed by atoms with Gasteiger partial charge in [0.15, 0.2) is 0 Å². The average molecular weight is 254 g/mol. The molecule has 1 N–H and O–H groups in total. The zero-order valence-electron chi connectivity index (χ0n) is 11.5. The summed E-state index contributed by atoms with van der Waals surface area (Å²) in [7, 11) is 0. The molecule has 1 heterocycles. The number of amides is 1. The summed E-state index contributed by atoms with van der Waals surface area (Å²) in [5.41, 5.74) is 0. The van der Waals surface area contributed by atoms with Crippen LogP contribution in [0.2, 0.25) is 0 Å². The molecule has 0 aromatic heterocycles. The molecule has 4 nitrogen and oxygen atoms in total. The fourth-order valence-corrected chi connectivity index (χ4v) is 2.61. The molecule has 2 aliphatic rings. The number of nitrogens with one attached hydrogen (secondary N) is 1. The maximum absolute atomic E-state index is 12.2. The lowest BCUT2D eigenvalue weighted by atomic mass is 10.0. The summed E-state index contributed by atoms with van der Waals surface area (Å²) in [6.45, 7) is 5.23. The van der Waals surface area contributed by atoms with E-state index in [9.17, 15) is 4.79 Å². The van der Waals surface area contributed by atoms with Gasteiger partial charge in [0.2, 0.25) is 5.91 Å². The van der Waals surface area contributed by atoms with E-state index in [0.29, 0.717) is 31.7 Å². The van der Waals surface area contributed by atoms with Crippen LogP contribution < -0.4 is 5.32 Å². The van der Waals surface area contributed by atoms with Crippen molar-refractivity contribution in [1.29, 1.82) is 0 Å². The van der Waals surface area contributed by atoms with E-state index in [0.717, 1.165) is 13.1 Å². The van der Waals surface area contributed by atoms with Crippen LogP contribution in [0.4, 0.5) is 0 Å². The minimum atomic E-state index is 0.276. The molecule has 1 saturated heterocycles. The first-order valence-electron chi connectivity index (χ1n) is 7.42. The molecule has 0 radical (unpaired) electrons. The Kier molecular flexibility index (Phi) is 5.45. The Bertz CT molecular complexity index is 261. The molecule has 1 amide bonds. The summed E-state index contributed by atoms with van der Waals surface area (Å²) >= 11 is 0. The van der Waals surface area contributed by atoms with E-state index in [-0.39, 0.29) is 5.91 Å². The largest absolute Gasteiger partial charge is 0.381 e. The van der Waals surface area contributed by atoms with Crippen LogP contribution in [0.25, 0.3) is 0 Å². The van der Waals surface area contributed by atoms with E-state index in [1.54, 1.807) is 0 Å². The highest BCUT2D eigenvalue weighted by Crippen LogP contribution is 2.28. The minimum Gasteiger partial charge on any atom is -0.381 e. The molecular weight excluding hydrogens is 228 g/mol. The van der Waals surface area contributed by atoms with Crippen LogP contribution in [0.3, 0.4) is 0 Å². The molecule has 1 aliphatic carbocycles. The number of ether oxygens (including phenoxy) is 1. The van der Waals surface area contributed by atoms with Crippen molar-refractivity contribution in [2.45, 2.75) is 57.5 Å². The van der Waals surface area contributed by atoms with Crippen molar-refractivity contribution in [3.63, 3.8) is 0 Å². The fourth-order valence-electron chi connectivity index (χ4n) is 2.61. The van der Waals surface area contributed by atoms with Crippen LogP contribution in [-0.2, 0) is 9.53 Å². The van der Waals surface area contributed by atoms with Crippen LogP contribution >= 0.6 is 0 Å². The van der Waals surface area contributed by atoms with Gasteiger partial charge in [-0.05, 0) is 39.2 Å². The van der Waals surface area contributed by atoms with Crippen molar-refractivity contribution in [3.8, 4) is 0 Å². The molecule has 4 heteroatoms. The first kappa shape index (κ1) is 13.8. The predicted molar refractivity (Wildman–Crippen MR) is 71.5 cm³/mol. The number of hydrogen-bond acceptors (Lipinski definition) is 3. The SMILES string of the molecule is CCOCCC(=O)N(CC1CCCCN1)C1CC1. The van der Waals surface area contributed by atoms with E-state index in [2.05, 4.69) is 10.2 Å². The van der Waals surface area contributed by atoms with Gasteiger partial charge in [0, 0.05) is 25.2 Å². The Morgan fingerprint density at radius 2 is 2.17 bits per heavy atom. The Balaban J connectivity index is 1.77. The molecule has 1 atom stereocenters. The molecule has 1 unspecified atom stereocenters. The average Bonchev–Trinajstić information content (AvgIpc) is 3.21. The highest BCUT2D eigenvalue weighted by molar-refractivity contribution is 5.77. The van der Waals surface area contributed by atoms with E-state index >= 15 is 0 Å². The van der Waals surface area contributed by atoms with Crippen LogP contribution in [0.15, 0.2) is 0 Å². The monoisotopic (exact) mass is 254 g/mol. The normalized spacial score (nSPS) is 23.9. The lowest BCUT2D eigenvalue weighted by Gasteiger charge is -2.31. The molecule has 104 valence electrons. The quantitative estimate of drug-likeness (QED) is 0.701. The van der Waals surface area contributed by atoms with Crippen molar-refractivity contribution in [2.24, 2.45) is 0 Å². The van der Waals surface area contributed by atoms with Crippen molar-refractivity contribution < 1.29 is 9.53 Å². The van der Waals surface area contributed by atoms with Gasteiger partial charge in [-0.25, -0.2) is 0 Å². The van der Waals surface area contributed by atoms with E-state index in [1.165, 1.54) is 32.1 Å². The fraction of sp³-hybridized carbons (Fsp3) is 0.929. The van der Waals surface area contributed by atoms with Crippen LogP contribution in [0.5, 0.6) is 0 Å². The first-order chi connectivity index (χ1) is 8.81. The Morgan fingerprint density at radius 1 is 1.33 bits per heavy atom. The minimum absolute atomic E-state index is 0.276. The predicted octanol–water partition coefficient (Wildman–Crippen LogP) is 1.55. The molecule has 2 rings (SSSR count). The molecule has 0 aromatic rings. The van der Waals surface area contributed by atoms with Gasteiger partial charge in [0.1, 0.15) is 0 Å². The molecule has 0 aromatic carbocycles. The lowest BCUT2D eigenvalue weighted by Crippen LogP contribution is -2.46. The number of piperidine rings is 1. The third-order valence-electron chi connectivity index (χ3n) is 3.80. The Morgan fingerprint density at radius 3 is 2.78 bits per heavy atom. The molecule has 1 aliphatic heterocycles. The zero-order chi connectivity index (χ0) is 12.8. The standard InChI is InChI=1S/C14H26N2O2/c1-2-18-10-8-14(17)16(13-6-7-13)11-12-5-3-4-9-15-12/h12-13,15H,2-11H2,1H3. The first-order valence-corrected chi connectivity index (χ1v) is 7.42. The smallest absolute Gasteiger partial charge is 0.225 e. The molecule has 1 saturated carbocycles. The lowest BCUT2D eigenvalue weighted by molar-refractivity contribution is -0.133. The third-order valence-corrected chi connectivity index (χ3v) is 3.80. The van der Waals surface area contributed by atoms with Crippen molar-refractivity contribution in [2.75, 3.05) is 26.3 Å². The van der Waals surface area contributed by atoms with Gasteiger partial charge in [-0.1, -0.05) is 6.42 Å². The second kappa shape index (κ2) is 7.10. The summed E-state index contributed by atoms with van der Waals surface area (Å²) in [4.78, 5) is 14.3. The van der Waals surface area contributed by atoms with Gasteiger partial charge >= 0.3 is 0 Å². The van der Waals surface area contributed by atoms with Crippen molar-refractivity contribution in [1.82, 2.24) is 10.2 Å². The highest BCUT2D eigenvalue weighted by atomic mass is 16.5. The summed E-state index contributed by atoms with van der Waals surface area (Å²) in [6, 6.07) is 1.03. The highest BCUT2D eigenvalue weighted by Gasteiger charge is 2.33. The van der Waals surface area contributed by atoms with Crippen molar-refractivity contribution >= 4 is 5.91 Å². The maximum Gasteiger partial charge on any atom is 0.225 e.